The molecule has 0 amide bonds. The summed E-state index contributed by atoms with van der Waals surface area (Å²) in [5.41, 5.74) is 3.49. The van der Waals surface area contributed by atoms with E-state index in [4.69, 9.17) is 32.9 Å². The summed E-state index contributed by atoms with van der Waals surface area (Å²) >= 11 is 12.4. The van der Waals surface area contributed by atoms with Crippen molar-refractivity contribution >= 4 is 34.9 Å². The Morgan fingerprint density at radius 2 is 2.00 bits per heavy atom. The van der Waals surface area contributed by atoms with Crippen LogP contribution in [0.5, 0.6) is 0 Å². The minimum atomic E-state index is -0.412. The van der Waals surface area contributed by atoms with Crippen LogP contribution in [0.4, 0.5) is 5.69 Å². The number of ether oxygens (including phenoxy) is 1. The second kappa shape index (κ2) is 8.96. The number of nitrogens with one attached hydrogen (secondary N) is 1. The van der Waals surface area contributed by atoms with Crippen molar-refractivity contribution in [3.8, 4) is 11.4 Å². The molecule has 2 aromatic carbocycles. The van der Waals surface area contributed by atoms with Crippen LogP contribution >= 0.6 is 23.2 Å². The minimum Gasteiger partial charge on any atom is -0.460 e. The third-order valence-electron chi connectivity index (χ3n) is 5.67. The Morgan fingerprint density at radius 1 is 1.25 bits per heavy atom. The third kappa shape index (κ3) is 4.12. The van der Waals surface area contributed by atoms with Gasteiger partial charge in [-0.05, 0) is 35.7 Å². The molecule has 1 aliphatic carbocycles. The van der Waals surface area contributed by atoms with Gasteiger partial charge in [0.2, 0.25) is 0 Å². The molecule has 0 radical (unpaired) electrons. The number of nitrogens with zero attached hydrogens (tertiary/aromatic N) is 2. The van der Waals surface area contributed by atoms with E-state index in [0.29, 0.717) is 45.7 Å². The van der Waals surface area contributed by atoms with Gasteiger partial charge in [0, 0.05) is 31.0 Å². The van der Waals surface area contributed by atoms with Crippen molar-refractivity contribution in [1.29, 1.82) is 0 Å². The van der Waals surface area contributed by atoms with Crippen molar-refractivity contribution in [2.45, 2.75) is 38.8 Å². The zero-order chi connectivity index (χ0) is 23.0. The Balaban J connectivity index is 1.79. The maximum atomic E-state index is 13.4. The molecule has 1 aliphatic rings. The van der Waals surface area contributed by atoms with Gasteiger partial charge in [-0.25, -0.2) is 4.98 Å². The number of halogens is 2. The standard InChI is InChI=1S/C24H23Cl2N3O3/c1-4-19-22(24(31)29(3)23(27-19)17-10-9-15(25)12-18(17)26)28-21-16-8-6-5-7-14(16)11-20(21)32-13(2)30/h5-10,12,20-21,28H,4,11H2,1-3H3/t20-,21-/m0/s1. The van der Waals surface area contributed by atoms with Crippen molar-refractivity contribution in [3.05, 3.63) is 79.7 Å². The lowest BCUT2D eigenvalue weighted by atomic mass is 10.1. The summed E-state index contributed by atoms with van der Waals surface area (Å²) in [4.78, 5) is 29.9. The van der Waals surface area contributed by atoms with Crippen molar-refractivity contribution in [3.63, 3.8) is 0 Å². The molecule has 0 bridgehead atoms. The van der Waals surface area contributed by atoms with E-state index in [2.05, 4.69) is 5.32 Å². The van der Waals surface area contributed by atoms with Gasteiger partial charge in [-0.15, -0.1) is 0 Å². The van der Waals surface area contributed by atoms with Crippen LogP contribution < -0.4 is 10.9 Å². The first-order valence-electron chi connectivity index (χ1n) is 10.4. The number of hydrogen-bond acceptors (Lipinski definition) is 5. The van der Waals surface area contributed by atoms with Gasteiger partial charge in [-0.3, -0.25) is 14.2 Å². The molecule has 1 N–H and O–H groups in total. The second-order valence-electron chi connectivity index (χ2n) is 7.77. The Bertz CT molecular complexity index is 1260. The summed E-state index contributed by atoms with van der Waals surface area (Å²) in [6, 6.07) is 12.6. The van der Waals surface area contributed by atoms with E-state index < -0.39 is 6.10 Å². The Morgan fingerprint density at radius 3 is 2.69 bits per heavy atom. The van der Waals surface area contributed by atoms with Crippen molar-refractivity contribution in [2.24, 2.45) is 7.05 Å². The summed E-state index contributed by atoms with van der Waals surface area (Å²) in [5, 5.41) is 4.28. The number of aryl methyl sites for hydroxylation is 1. The van der Waals surface area contributed by atoms with Gasteiger partial charge in [-0.1, -0.05) is 54.4 Å². The number of fused-ring (bicyclic) bond motifs is 1. The third-order valence-corrected chi connectivity index (χ3v) is 6.22. The molecule has 0 aliphatic heterocycles. The molecule has 0 spiro atoms. The number of aromatic nitrogens is 2. The molecule has 0 saturated carbocycles. The molecular weight excluding hydrogens is 449 g/mol. The molecule has 1 heterocycles. The highest BCUT2D eigenvalue weighted by molar-refractivity contribution is 6.36. The number of carbonyl (C=O) groups excluding carboxylic acids is 1. The van der Waals surface area contributed by atoms with E-state index in [1.165, 1.54) is 11.5 Å². The van der Waals surface area contributed by atoms with Gasteiger partial charge in [0.05, 0.1) is 16.8 Å². The molecule has 32 heavy (non-hydrogen) atoms. The van der Waals surface area contributed by atoms with Crippen LogP contribution in [-0.2, 0) is 29.4 Å². The van der Waals surface area contributed by atoms with Gasteiger partial charge >= 0.3 is 5.97 Å². The van der Waals surface area contributed by atoms with Crippen molar-refractivity contribution in [1.82, 2.24) is 9.55 Å². The highest BCUT2D eigenvalue weighted by Crippen LogP contribution is 2.36. The lowest BCUT2D eigenvalue weighted by Crippen LogP contribution is -2.32. The fourth-order valence-corrected chi connectivity index (χ4v) is 4.66. The highest BCUT2D eigenvalue weighted by Gasteiger charge is 2.35. The quantitative estimate of drug-likeness (QED) is 0.532. The molecule has 166 valence electrons. The van der Waals surface area contributed by atoms with Gasteiger partial charge in [0.15, 0.2) is 0 Å². The van der Waals surface area contributed by atoms with Gasteiger partial charge in [0.25, 0.3) is 5.56 Å². The zero-order valence-electron chi connectivity index (χ0n) is 18.0. The topological polar surface area (TPSA) is 73.2 Å². The Hall–Kier alpha value is -2.83. The summed E-state index contributed by atoms with van der Waals surface area (Å²) in [6.45, 7) is 3.33. The molecule has 0 unspecified atom stereocenters. The normalized spacial score (nSPS) is 17.2. The maximum absolute atomic E-state index is 13.4. The predicted molar refractivity (Wildman–Crippen MR) is 126 cm³/mol. The maximum Gasteiger partial charge on any atom is 0.302 e. The minimum absolute atomic E-state index is 0.233. The summed E-state index contributed by atoms with van der Waals surface area (Å²) in [6.07, 6.45) is 0.703. The van der Waals surface area contributed by atoms with Crippen molar-refractivity contribution in [2.75, 3.05) is 5.32 Å². The molecule has 0 fully saturated rings. The predicted octanol–water partition coefficient (Wildman–Crippen LogP) is 4.96. The summed E-state index contributed by atoms with van der Waals surface area (Å²) in [5.74, 6) is 0.103. The number of carbonyl (C=O) groups is 1. The van der Waals surface area contributed by atoms with E-state index in [9.17, 15) is 9.59 Å². The molecule has 2 atom stereocenters. The molecule has 4 rings (SSSR count). The summed E-state index contributed by atoms with van der Waals surface area (Å²) < 4.78 is 7.05. The van der Waals surface area contributed by atoms with Crippen LogP contribution in [0.1, 0.15) is 36.7 Å². The van der Waals surface area contributed by atoms with Crippen LogP contribution in [0.3, 0.4) is 0 Å². The second-order valence-corrected chi connectivity index (χ2v) is 8.62. The largest absolute Gasteiger partial charge is 0.460 e. The highest BCUT2D eigenvalue weighted by atomic mass is 35.5. The SMILES string of the molecule is CCc1nc(-c2ccc(Cl)cc2Cl)n(C)c(=O)c1N[C@H]1c2ccccc2C[C@@H]1OC(C)=O. The molecule has 0 saturated heterocycles. The monoisotopic (exact) mass is 471 g/mol. The number of benzene rings is 2. The van der Waals surface area contributed by atoms with Gasteiger partial charge < -0.3 is 10.1 Å². The smallest absolute Gasteiger partial charge is 0.302 e. The molecule has 6 nitrogen and oxygen atoms in total. The fraction of sp³-hybridized carbons (Fsp3) is 0.292. The number of anilines is 1. The first-order chi connectivity index (χ1) is 15.3. The van der Waals surface area contributed by atoms with E-state index >= 15 is 0 Å². The summed E-state index contributed by atoms with van der Waals surface area (Å²) in [7, 11) is 1.66. The van der Waals surface area contributed by atoms with Crippen LogP contribution in [0.25, 0.3) is 11.4 Å². The lowest BCUT2D eigenvalue weighted by Gasteiger charge is -2.24. The lowest BCUT2D eigenvalue weighted by molar-refractivity contribution is -0.146. The van der Waals surface area contributed by atoms with E-state index in [1.807, 2.05) is 31.2 Å². The number of rotatable bonds is 5. The van der Waals surface area contributed by atoms with E-state index in [0.717, 1.165) is 11.1 Å². The number of esters is 1. The van der Waals surface area contributed by atoms with Crippen molar-refractivity contribution < 1.29 is 9.53 Å². The first-order valence-corrected chi connectivity index (χ1v) is 11.1. The molecule has 1 aromatic heterocycles. The van der Waals surface area contributed by atoms with Gasteiger partial charge in [0.1, 0.15) is 17.6 Å². The molecule has 8 heteroatoms. The van der Waals surface area contributed by atoms with Gasteiger partial charge in [-0.2, -0.15) is 0 Å². The molecule has 3 aromatic rings. The molecular formula is C24H23Cl2N3O3. The van der Waals surface area contributed by atoms with E-state index in [-0.39, 0.29) is 17.6 Å². The van der Waals surface area contributed by atoms with Crippen LogP contribution in [0.2, 0.25) is 10.0 Å². The van der Waals surface area contributed by atoms with Crippen LogP contribution in [0, 0.1) is 0 Å². The van der Waals surface area contributed by atoms with Crippen LogP contribution in [0.15, 0.2) is 47.3 Å². The number of hydrogen-bond donors (Lipinski definition) is 1. The Kier molecular flexibility index (Phi) is 6.26. The fourth-order valence-electron chi connectivity index (χ4n) is 4.17. The average Bonchev–Trinajstić information content (AvgIpc) is 3.08. The Labute approximate surface area is 196 Å². The zero-order valence-corrected chi connectivity index (χ0v) is 19.5. The van der Waals surface area contributed by atoms with Crippen LogP contribution in [-0.4, -0.2) is 21.6 Å². The van der Waals surface area contributed by atoms with E-state index in [1.54, 1.807) is 25.2 Å². The average molecular weight is 472 g/mol. The first kappa shape index (κ1) is 22.4.